The van der Waals surface area contributed by atoms with Crippen LogP contribution in [0.15, 0.2) is 24.3 Å². The third kappa shape index (κ3) is 1.37. The summed E-state index contributed by atoms with van der Waals surface area (Å²) in [5.74, 6) is 0. The van der Waals surface area contributed by atoms with E-state index in [1.165, 1.54) is 0 Å². The van der Waals surface area contributed by atoms with Crippen LogP contribution in [0.1, 0.15) is 13.8 Å². The zero-order valence-electron chi connectivity index (χ0n) is 8.56. The van der Waals surface area contributed by atoms with Crippen LogP contribution in [0.25, 0.3) is 11.0 Å². The van der Waals surface area contributed by atoms with Crippen molar-refractivity contribution in [3.63, 3.8) is 0 Å². The van der Waals surface area contributed by atoms with Crippen molar-refractivity contribution in [3.05, 3.63) is 24.3 Å². The Bertz CT molecular complexity index is 414. The molecule has 1 heterocycles. The highest BCUT2D eigenvalue weighted by Crippen LogP contribution is 2.16. The van der Waals surface area contributed by atoms with E-state index in [9.17, 15) is 0 Å². The molecule has 0 saturated carbocycles. The molecule has 0 aliphatic rings. The lowest BCUT2D eigenvalue weighted by Crippen LogP contribution is -2.30. The summed E-state index contributed by atoms with van der Waals surface area (Å²) in [6, 6.07) is 7.76. The van der Waals surface area contributed by atoms with Gasteiger partial charge in [-0.05, 0) is 26.0 Å². The first kappa shape index (κ1) is 9.15. The number of nitrogens with zero attached hydrogens (tertiary/aromatic N) is 3. The Labute approximate surface area is 82.5 Å². The molecular formula is C10H13N3O. The Morgan fingerprint density at radius 1 is 1.14 bits per heavy atom. The lowest BCUT2D eigenvalue weighted by Gasteiger charge is -2.21. The van der Waals surface area contributed by atoms with Gasteiger partial charge >= 0.3 is 0 Å². The molecule has 14 heavy (non-hydrogen) atoms. The van der Waals surface area contributed by atoms with E-state index in [0.717, 1.165) is 11.0 Å². The Morgan fingerprint density at radius 3 is 2.07 bits per heavy atom. The molecule has 0 aliphatic heterocycles. The van der Waals surface area contributed by atoms with Crippen LogP contribution >= 0.6 is 0 Å². The largest absolute Gasteiger partial charge is 0.356 e. The van der Waals surface area contributed by atoms with E-state index in [0.29, 0.717) is 0 Å². The summed E-state index contributed by atoms with van der Waals surface area (Å²) in [6.45, 7) is 3.84. The van der Waals surface area contributed by atoms with Gasteiger partial charge in [-0.15, -0.1) is 0 Å². The molecule has 0 amide bonds. The maximum absolute atomic E-state index is 5.29. The van der Waals surface area contributed by atoms with Crippen LogP contribution in [-0.2, 0) is 10.5 Å². The van der Waals surface area contributed by atoms with Gasteiger partial charge in [0.05, 0.1) is 0 Å². The van der Waals surface area contributed by atoms with Crippen molar-refractivity contribution in [1.29, 1.82) is 0 Å². The summed E-state index contributed by atoms with van der Waals surface area (Å²) in [5, 5.41) is 8.67. The van der Waals surface area contributed by atoms with Gasteiger partial charge in [-0.1, -0.05) is 12.1 Å². The zero-order chi connectivity index (χ0) is 10.2. The van der Waals surface area contributed by atoms with Crippen LogP contribution in [0.2, 0.25) is 0 Å². The zero-order valence-corrected chi connectivity index (χ0v) is 8.56. The van der Waals surface area contributed by atoms with Crippen molar-refractivity contribution >= 4 is 11.0 Å². The molecule has 0 N–H and O–H groups in total. The summed E-state index contributed by atoms with van der Waals surface area (Å²) < 4.78 is 5.29. The fourth-order valence-corrected chi connectivity index (χ4v) is 1.18. The Hall–Kier alpha value is -1.42. The predicted octanol–water partition coefficient (Wildman–Crippen LogP) is 1.77. The average Bonchev–Trinajstić information content (AvgIpc) is 2.61. The topological polar surface area (TPSA) is 39.9 Å². The van der Waals surface area contributed by atoms with E-state index in [2.05, 4.69) is 10.2 Å². The average molecular weight is 191 g/mol. The number of methoxy groups -OCH3 is 1. The molecule has 0 bridgehead atoms. The number of benzene rings is 1. The van der Waals surface area contributed by atoms with Gasteiger partial charge < -0.3 is 4.74 Å². The molecular weight excluding hydrogens is 178 g/mol. The maximum atomic E-state index is 5.29. The Balaban J connectivity index is 2.55. The highest BCUT2D eigenvalue weighted by Gasteiger charge is 2.21. The van der Waals surface area contributed by atoms with Gasteiger partial charge in [0.25, 0.3) is 0 Å². The van der Waals surface area contributed by atoms with Gasteiger partial charge in [0.1, 0.15) is 11.0 Å². The van der Waals surface area contributed by atoms with Gasteiger partial charge in [-0.2, -0.15) is 15.0 Å². The second-order valence-corrected chi connectivity index (χ2v) is 3.63. The number of hydrogen-bond acceptors (Lipinski definition) is 3. The minimum Gasteiger partial charge on any atom is -0.356 e. The van der Waals surface area contributed by atoms with Gasteiger partial charge in [0.15, 0.2) is 5.72 Å². The van der Waals surface area contributed by atoms with E-state index >= 15 is 0 Å². The molecule has 1 aromatic carbocycles. The van der Waals surface area contributed by atoms with Crippen LogP contribution < -0.4 is 0 Å². The molecule has 74 valence electrons. The molecule has 1 aromatic heterocycles. The summed E-state index contributed by atoms with van der Waals surface area (Å²) in [6.07, 6.45) is 0. The Morgan fingerprint density at radius 2 is 1.64 bits per heavy atom. The van der Waals surface area contributed by atoms with Crippen LogP contribution in [0, 0.1) is 0 Å². The molecule has 0 fully saturated rings. The lowest BCUT2D eigenvalue weighted by molar-refractivity contribution is -0.0651. The molecule has 4 nitrogen and oxygen atoms in total. The summed E-state index contributed by atoms with van der Waals surface area (Å²) in [4.78, 5) is 1.59. The molecule has 0 atom stereocenters. The van der Waals surface area contributed by atoms with Gasteiger partial charge in [0.2, 0.25) is 0 Å². The summed E-state index contributed by atoms with van der Waals surface area (Å²) in [5.41, 5.74) is 1.27. The first-order valence-electron chi connectivity index (χ1n) is 4.51. The quantitative estimate of drug-likeness (QED) is 0.726. The molecule has 0 spiro atoms. The maximum Gasteiger partial charge on any atom is 0.173 e. The second kappa shape index (κ2) is 3.06. The summed E-state index contributed by atoms with van der Waals surface area (Å²) >= 11 is 0. The number of rotatable bonds is 2. The SMILES string of the molecule is COC(C)(C)n1nc2ccccc2n1. The van der Waals surface area contributed by atoms with E-state index < -0.39 is 5.72 Å². The fraction of sp³-hybridized carbons (Fsp3) is 0.400. The number of hydrogen-bond donors (Lipinski definition) is 0. The van der Waals surface area contributed by atoms with Crippen molar-refractivity contribution in [2.75, 3.05) is 7.11 Å². The molecule has 0 aliphatic carbocycles. The van der Waals surface area contributed by atoms with E-state index in [1.54, 1.807) is 11.9 Å². The van der Waals surface area contributed by atoms with Crippen LogP contribution in [-0.4, -0.2) is 22.1 Å². The molecule has 0 unspecified atom stereocenters. The lowest BCUT2D eigenvalue weighted by atomic mass is 10.3. The van der Waals surface area contributed by atoms with Crippen LogP contribution in [0.5, 0.6) is 0 Å². The highest BCUT2D eigenvalue weighted by atomic mass is 16.5. The highest BCUT2D eigenvalue weighted by molar-refractivity contribution is 5.72. The van der Waals surface area contributed by atoms with Crippen LogP contribution in [0.3, 0.4) is 0 Å². The van der Waals surface area contributed by atoms with Crippen molar-refractivity contribution < 1.29 is 4.74 Å². The monoisotopic (exact) mass is 191 g/mol. The molecule has 0 saturated heterocycles. The smallest absolute Gasteiger partial charge is 0.173 e. The second-order valence-electron chi connectivity index (χ2n) is 3.63. The normalized spacial score (nSPS) is 12.2. The minimum absolute atomic E-state index is 0.501. The third-order valence-electron chi connectivity index (χ3n) is 2.27. The first-order valence-corrected chi connectivity index (χ1v) is 4.51. The third-order valence-corrected chi connectivity index (χ3v) is 2.27. The first-order chi connectivity index (χ1) is 6.63. The molecule has 0 radical (unpaired) electrons. The van der Waals surface area contributed by atoms with Crippen molar-refractivity contribution in [2.45, 2.75) is 19.6 Å². The van der Waals surface area contributed by atoms with Gasteiger partial charge in [-0.25, -0.2) is 0 Å². The van der Waals surface area contributed by atoms with Crippen LogP contribution in [0.4, 0.5) is 0 Å². The molecule has 4 heteroatoms. The van der Waals surface area contributed by atoms with E-state index in [-0.39, 0.29) is 0 Å². The van der Waals surface area contributed by atoms with E-state index in [1.807, 2.05) is 38.1 Å². The van der Waals surface area contributed by atoms with Crippen molar-refractivity contribution in [1.82, 2.24) is 15.0 Å². The van der Waals surface area contributed by atoms with Gasteiger partial charge in [0, 0.05) is 7.11 Å². The number of fused-ring (bicyclic) bond motifs is 1. The number of ether oxygens (including phenoxy) is 1. The molecule has 2 rings (SSSR count). The Kier molecular flexibility index (Phi) is 2.00. The van der Waals surface area contributed by atoms with Gasteiger partial charge in [-0.3, -0.25) is 0 Å². The summed E-state index contributed by atoms with van der Waals surface area (Å²) in [7, 11) is 1.65. The fourth-order valence-electron chi connectivity index (χ4n) is 1.18. The molecule has 2 aromatic rings. The standard InChI is InChI=1S/C10H13N3O/c1-10(2,14-3)13-11-8-6-4-5-7-9(8)12-13/h4-7H,1-3H3. The van der Waals surface area contributed by atoms with Crippen molar-refractivity contribution in [2.24, 2.45) is 0 Å². The predicted molar refractivity (Wildman–Crippen MR) is 53.9 cm³/mol. The number of aromatic nitrogens is 3. The van der Waals surface area contributed by atoms with E-state index in [4.69, 9.17) is 4.74 Å². The minimum atomic E-state index is -0.501. The van der Waals surface area contributed by atoms with Crippen molar-refractivity contribution in [3.8, 4) is 0 Å².